The van der Waals surface area contributed by atoms with Crippen molar-refractivity contribution in [2.24, 2.45) is 0 Å². The smallest absolute Gasteiger partial charge is 0.135 e. The van der Waals surface area contributed by atoms with E-state index in [1.165, 1.54) is 6.42 Å². The summed E-state index contributed by atoms with van der Waals surface area (Å²) in [6.45, 7) is 5.47. The van der Waals surface area contributed by atoms with Crippen molar-refractivity contribution in [3.63, 3.8) is 0 Å². The van der Waals surface area contributed by atoms with Gasteiger partial charge in [-0.1, -0.05) is 0 Å². The molecule has 6 nitrogen and oxygen atoms in total. The van der Waals surface area contributed by atoms with Gasteiger partial charge < -0.3 is 14.5 Å². The molecule has 0 radical (unpaired) electrons. The Morgan fingerprint density at radius 2 is 2.04 bits per heavy atom. The molecule has 4 rings (SSSR count). The van der Waals surface area contributed by atoms with Crippen molar-refractivity contribution in [2.45, 2.75) is 18.8 Å². The first kappa shape index (κ1) is 16.4. The number of pyridine rings is 1. The maximum atomic E-state index is 5.49. The Morgan fingerprint density at radius 3 is 2.80 bits per heavy atom. The summed E-state index contributed by atoms with van der Waals surface area (Å²) >= 11 is 0. The molecule has 6 heteroatoms. The van der Waals surface area contributed by atoms with E-state index in [0.29, 0.717) is 5.92 Å². The van der Waals surface area contributed by atoms with Gasteiger partial charge in [-0.15, -0.1) is 0 Å². The quantitative estimate of drug-likeness (QED) is 0.854. The van der Waals surface area contributed by atoms with Gasteiger partial charge in [0.15, 0.2) is 0 Å². The molecule has 25 heavy (non-hydrogen) atoms. The van der Waals surface area contributed by atoms with Crippen LogP contribution in [-0.4, -0.2) is 66.3 Å². The van der Waals surface area contributed by atoms with Crippen LogP contribution in [0.15, 0.2) is 30.6 Å². The Labute approximate surface area is 148 Å². The van der Waals surface area contributed by atoms with Crippen molar-refractivity contribution in [1.29, 1.82) is 0 Å². The summed E-state index contributed by atoms with van der Waals surface area (Å²) in [5.41, 5.74) is 2.01. The first-order valence-electron chi connectivity index (χ1n) is 9.10. The summed E-state index contributed by atoms with van der Waals surface area (Å²) in [5, 5.41) is 0. The lowest BCUT2D eigenvalue weighted by atomic mass is 9.97. The van der Waals surface area contributed by atoms with Crippen molar-refractivity contribution >= 4 is 5.82 Å². The number of aromatic nitrogens is 3. The first-order valence-corrected chi connectivity index (χ1v) is 9.10. The van der Waals surface area contributed by atoms with E-state index in [1.54, 1.807) is 6.20 Å². The zero-order valence-corrected chi connectivity index (χ0v) is 14.8. The Bertz CT molecular complexity index is 702. The van der Waals surface area contributed by atoms with Crippen LogP contribution in [-0.2, 0) is 4.74 Å². The van der Waals surface area contributed by atoms with Gasteiger partial charge in [-0.05, 0) is 38.6 Å². The molecule has 0 saturated carbocycles. The van der Waals surface area contributed by atoms with Gasteiger partial charge in [0.25, 0.3) is 0 Å². The van der Waals surface area contributed by atoms with Crippen molar-refractivity contribution in [2.75, 3.05) is 51.3 Å². The van der Waals surface area contributed by atoms with E-state index in [-0.39, 0.29) is 0 Å². The van der Waals surface area contributed by atoms with Crippen molar-refractivity contribution in [1.82, 2.24) is 19.9 Å². The van der Waals surface area contributed by atoms with Crippen LogP contribution in [0.4, 0.5) is 5.82 Å². The molecule has 4 heterocycles. The molecule has 0 amide bonds. The summed E-state index contributed by atoms with van der Waals surface area (Å²) < 4.78 is 5.49. The summed E-state index contributed by atoms with van der Waals surface area (Å²) in [6.07, 6.45) is 6.03. The molecule has 2 aromatic rings. The summed E-state index contributed by atoms with van der Waals surface area (Å²) in [4.78, 5) is 18.8. The van der Waals surface area contributed by atoms with Gasteiger partial charge in [0.1, 0.15) is 11.6 Å². The predicted molar refractivity (Wildman–Crippen MR) is 97.8 cm³/mol. The molecule has 0 spiro atoms. The van der Waals surface area contributed by atoms with Crippen LogP contribution in [0.2, 0.25) is 0 Å². The zero-order valence-electron chi connectivity index (χ0n) is 14.8. The van der Waals surface area contributed by atoms with Crippen LogP contribution in [0.5, 0.6) is 0 Å². The standard InChI is InChI=1S/C19H25N5O/c1-23-7-3-5-16(14-23)19-21-17(15-4-2-6-20-13-15)12-18(22-19)24-8-10-25-11-9-24/h2,4,6,12-13,16H,3,5,7-11,14H2,1H3. The lowest BCUT2D eigenvalue weighted by Crippen LogP contribution is -2.37. The molecule has 1 atom stereocenters. The lowest BCUT2D eigenvalue weighted by molar-refractivity contribution is 0.122. The van der Waals surface area contributed by atoms with Crippen LogP contribution < -0.4 is 4.90 Å². The van der Waals surface area contributed by atoms with Gasteiger partial charge in [-0.2, -0.15) is 0 Å². The van der Waals surface area contributed by atoms with E-state index in [2.05, 4.69) is 34.0 Å². The Morgan fingerprint density at radius 1 is 1.16 bits per heavy atom. The molecule has 2 aliphatic rings. The van der Waals surface area contributed by atoms with Crippen LogP contribution in [0.3, 0.4) is 0 Å². The topological polar surface area (TPSA) is 54.4 Å². The fourth-order valence-electron chi connectivity index (χ4n) is 3.63. The second kappa shape index (κ2) is 7.45. The summed E-state index contributed by atoms with van der Waals surface area (Å²) in [7, 11) is 2.18. The van der Waals surface area contributed by atoms with Gasteiger partial charge in [0.05, 0.1) is 18.9 Å². The van der Waals surface area contributed by atoms with Gasteiger partial charge in [0, 0.05) is 49.6 Å². The predicted octanol–water partition coefficient (Wildman–Crippen LogP) is 2.18. The molecule has 132 valence electrons. The van der Waals surface area contributed by atoms with Gasteiger partial charge in [0.2, 0.25) is 0 Å². The second-order valence-electron chi connectivity index (χ2n) is 6.91. The lowest BCUT2D eigenvalue weighted by Gasteiger charge is -2.31. The highest BCUT2D eigenvalue weighted by molar-refractivity contribution is 5.62. The normalized spacial score (nSPS) is 22.1. The maximum absolute atomic E-state index is 5.49. The molecular formula is C19H25N5O. The van der Waals surface area contributed by atoms with E-state index in [9.17, 15) is 0 Å². The largest absolute Gasteiger partial charge is 0.378 e. The number of rotatable bonds is 3. The molecule has 2 fully saturated rings. The average Bonchev–Trinajstić information content (AvgIpc) is 2.69. The molecule has 0 aromatic carbocycles. The third kappa shape index (κ3) is 3.80. The number of likely N-dealkylation sites (N-methyl/N-ethyl adjacent to an activating group) is 1. The molecule has 2 saturated heterocycles. The molecule has 2 aromatic heterocycles. The molecule has 2 aliphatic heterocycles. The minimum atomic E-state index is 0.398. The Balaban J connectivity index is 1.72. The number of nitrogens with zero attached hydrogens (tertiary/aromatic N) is 5. The Hall–Kier alpha value is -2.05. The van der Waals surface area contributed by atoms with Crippen molar-refractivity contribution in [3.05, 3.63) is 36.4 Å². The monoisotopic (exact) mass is 339 g/mol. The number of hydrogen-bond donors (Lipinski definition) is 0. The Kier molecular flexibility index (Phi) is 4.90. The molecule has 1 unspecified atom stereocenters. The van der Waals surface area contributed by atoms with Gasteiger partial charge in [-0.3, -0.25) is 4.98 Å². The fourth-order valence-corrected chi connectivity index (χ4v) is 3.63. The molecule has 0 aliphatic carbocycles. The fraction of sp³-hybridized carbons (Fsp3) is 0.526. The minimum absolute atomic E-state index is 0.398. The SMILES string of the molecule is CN1CCCC(c2nc(-c3cccnc3)cc(N3CCOCC3)n2)C1. The van der Waals surface area contributed by atoms with E-state index >= 15 is 0 Å². The highest BCUT2D eigenvalue weighted by Crippen LogP contribution is 2.28. The van der Waals surface area contributed by atoms with Crippen molar-refractivity contribution < 1.29 is 4.74 Å². The highest BCUT2D eigenvalue weighted by Gasteiger charge is 2.24. The summed E-state index contributed by atoms with van der Waals surface area (Å²) in [6, 6.07) is 6.12. The number of anilines is 1. The maximum Gasteiger partial charge on any atom is 0.135 e. The first-order chi connectivity index (χ1) is 12.3. The highest BCUT2D eigenvalue weighted by atomic mass is 16.5. The van der Waals surface area contributed by atoms with Crippen LogP contribution >= 0.6 is 0 Å². The van der Waals surface area contributed by atoms with E-state index in [0.717, 1.165) is 68.7 Å². The number of hydrogen-bond acceptors (Lipinski definition) is 6. The van der Waals surface area contributed by atoms with E-state index in [1.807, 2.05) is 12.3 Å². The van der Waals surface area contributed by atoms with E-state index < -0.39 is 0 Å². The molecule has 0 bridgehead atoms. The number of likely N-dealkylation sites (tertiary alicyclic amines) is 1. The van der Waals surface area contributed by atoms with Gasteiger partial charge >= 0.3 is 0 Å². The van der Waals surface area contributed by atoms with E-state index in [4.69, 9.17) is 14.7 Å². The molecular weight excluding hydrogens is 314 g/mol. The van der Waals surface area contributed by atoms with Crippen LogP contribution in [0, 0.1) is 0 Å². The minimum Gasteiger partial charge on any atom is -0.378 e. The number of morpholine rings is 1. The van der Waals surface area contributed by atoms with Crippen LogP contribution in [0.1, 0.15) is 24.6 Å². The van der Waals surface area contributed by atoms with Gasteiger partial charge in [-0.25, -0.2) is 9.97 Å². The number of ether oxygens (including phenoxy) is 1. The number of piperidine rings is 1. The van der Waals surface area contributed by atoms with Crippen molar-refractivity contribution in [3.8, 4) is 11.3 Å². The average molecular weight is 339 g/mol. The van der Waals surface area contributed by atoms with Crippen LogP contribution in [0.25, 0.3) is 11.3 Å². The summed E-state index contributed by atoms with van der Waals surface area (Å²) in [5.74, 6) is 2.38. The third-order valence-electron chi connectivity index (χ3n) is 5.01. The molecule has 0 N–H and O–H groups in total. The zero-order chi connectivity index (χ0) is 17.1. The second-order valence-corrected chi connectivity index (χ2v) is 6.91. The third-order valence-corrected chi connectivity index (χ3v) is 5.01.